The number of nitrogens with zero attached hydrogens (tertiary/aromatic N) is 1. The first-order chi connectivity index (χ1) is 9.06. The van der Waals surface area contributed by atoms with E-state index in [0.29, 0.717) is 12.6 Å². The van der Waals surface area contributed by atoms with Gasteiger partial charge in [0, 0.05) is 25.7 Å². The molecule has 1 fully saturated rings. The Kier molecular flexibility index (Phi) is 6.39. The van der Waals surface area contributed by atoms with Crippen molar-refractivity contribution in [2.75, 3.05) is 31.5 Å². The summed E-state index contributed by atoms with van der Waals surface area (Å²) < 4.78 is 13.6. The molecule has 20 heavy (non-hydrogen) atoms. The van der Waals surface area contributed by atoms with Crippen molar-refractivity contribution in [1.82, 2.24) is 10.2 Å². The van der Waals surface area contributed by atoms with Crippen molar-refractivity contribution in [1.29, 1.82) is 0 Å². The van der Waals surface area contributed by atoms with E-state index in [-0.39, 0.29) is 29.8 Å². The molecule has 0 aromatic heterocycles. The van der Waals surface area contributed by atoms with Crippen molar-refractivity contribution in [3.05, 3.63) is 29.6 Å². The molecule has 112 valence electrons. The van der Waals surface area contributed by atoms with Gasteiger partial charge in [-0.2, -0.15) is 0 Å². The van der Waals surface area contributed by atoms with Crippen LogP contribution in [0.1, 0.15) is 12.5 Å². The highest BCUT2D eigenvalue weighted by Crippen LogP contribution is 2.15. The zero-order chi connectivity index (χ0) is 13.8. The monoisotopic (exact) mass is 301 g/mol. The highest BCUT2D eigenvalue weighted by Gasteiger charge is 2.20. The Morgan fingerprint density at radius 2 is 2.30 bits per heavy atom. The van der Waals surface area contributed by atoms with Gasteiger partial charge in [-0.1, -0.05) is 6.07 Å². The molecule has 1 heterocycles. The molecule has 0 spiro atoms. The van der Waals surface area contributed by atoms with Crippen LogP contribution in [0.3, 0.4) is 0 Å². The summed E-state index contributed by atoms with van der Waals surface area (Å²) in [5.41, 5.74) is 1.09. The Morgan fingerprint density at radius 1 is 1.55 bits per heavy atom. The number of hydrogen-bond acceptors (Lipinski definition) is 3. The first-order valence-corrected chi connectivity index (χ1v) is 6.57. The number of carbonyl (C=O) groups is 1. The van der Waals surface area contributed by atoms with E-state index in [4.69, 9.17) is 0 Å². The fourth-order valence-electron chi connectivity index (χ4n) is 2.21. The maximum absolute atomic E-state index is 13.6. The average molecular weight is 302 g/mol. The van der Waals surface area contributed by atoms with Crippen molar-refractivity contribution in [3.8, 4) is 0 Å². The van der Waals surface area contributed by atoms with Crippen LogP contribution in [-0.4, -0.2) is 43.0 Å². The Labute approximate surface area is 125 Å². The Morgan fingerprint density at radius 3 is 2.95 bits per heavy atom. The lowest BCUT2D eigenvalue weighted by Crippen LogP contribution is -2.52. The molecule has 1 amide bonds. The van der Waals surface area contributed by atoms with Crippen LogP contribution in [0, 0.1) is 12.7 Å². The molecule has 0 aliphatic carbocycles. The Bertz CT molecular complexity index is 470. The van der Waals surface area contributed by atoms with Crippen LogP contribution in [0.15, 0.2) is 18.2 Å². The number of hydrogen-bond donors (Lipinski definition) is 2. The molecule has 0 saturated carbocycles. The molecule has 2 N–H and O–H groups in total. The lowest BCUT2D eigenvalue weighted by molar-refractivity contribution is -0.118. The fourth-order valence-corrected chi connectivity index (χ4v) is 2.21. The van der Waals surface area contributed by atoms with Gasteiger partial charge in [-0.15, -0.1) is 12.4 Å². The molecule has 1 aromatic carbocycles. The molecule has 1 aliphatic rings. The minimum absolute atomic E-state index is 0. The van der Waals surface area contributed by atoms with Gasteiger partial charge in [0.25, 0.3) is 0 Å². The van der Waals surface area contributed by atoms with Gasteiger partial charge >= 0.3 is 0 Å². The number of piperazine rings is 1. The maximum Gasteiger partial charge on any atom is 0.238 e. The number of nitrogens with one attached hydrogen (secondary N) is 2. The summed E-state index contributed by atoms with van der Waals surface area (Å²) in [6, 6.07) is 5.13. The Hall–Kier alpha value is -1.17. The molecule has 0 radical (unpaired) electrons. The number of amides is 1. The topological polar surface area (TPSA) is 44.4 Å². The molecule has 1 atom stereocenters. The second-order valence-corrected chi connectivity index (χ2v) is 5.06. The fraction of sp³-hybridized carbons (Fsp3) is 0.500. The lowest BCUT2D eigenvalue weighted by Gasteiger charge is -2.33. The zero-order valence-corrected chi connectivity index (χ0v) is 12.6. The number of aryl methyl sites for hydroxylation is 1. The van der Waals surface area contributed by atoms with E-state index in [9.17, 15) is 9.18 Å². The van der Waals surface area contributed by atoms with Gasteiger partial charge in [-0.05, 0) is 31.5 Å². The SMILES string of the molecule is Cc1ccc(NC(=O)CN2CCNC[C@H]2C)c(F)c1.Cl. The third-order valence-electron chi connectivity index (χ3n) is 3.38. The van der Waals surface area contributed by atoms with E-state index < -0.39 is 0 Å². The molecule has 0 bridgehead atoms. The molecular formula is C14H21ClFN3O. The van der Waals surface area contributed by atoms with Gasteiger partial charge in [0.05, 0.1) is 12.2 Å². The number of carbonyl (C=O) groups excluding carboxylic acids is 1. The number of anilines is 1. The van der Waals surface area contributed by atoms with Crippen LogP contribution >= 0.6 is 12.4 Å². The summed E-state index contributed by atoms with van der Waals surface area (Å²) in [7, 11) is 0. The second kappa shape index (κ2) is 7.57. The standard InChI is InChI=1S/C14H20FN3O.ClH/c1-10-3-4-13(12(15)7-10)17-14(19)9-18-6-5-16-8-11(18)2;/h3-4,7,11,16H,5-6,8-9H2,1-2H3,(H,17,19);1H/t11-;/m1./s1. The normalized spacial score (nSPS) is 19.2. The van der Waals surface area contributed by atoms with Crippen molar-refractivity contribution in [2.24, 2.45) is 0 Å². The van der Waals surface area contributed by atoms with E-state index in [1.165, 1.54) is 6.07 Å². The quantitative estimate of drug-likeness (QED) is 0.894. The first-order valence-electron chi connectivity index (χ1n) is 6.57. The molecule has 1 saturated heterocycles. The first kappa shape index (κ1) is 16.9. The van der Waals surface area contributed by atoms with Gasteiger partial charge in [0.15, 0.2) is 0 Å². The van der Waals surface area contributed by atoms with Gasteiger partial charge in [0.1, 0.15) is 5.82 Å². The van der Waals surface area contributed by atoms with Gasteiger partial charge in [0.2, 0.25) is 5.91 Å². The molecule has 1 aliphatic heterocycles. The highest BCUT2D eigenvalue weighted by atomic mass is 35.5. The van der Waals surface area contributed by atoms with Crippen molar-refractivity contribution >= 4 is 24.0 Å². The van der Waals surface area contributed by atoms with Crippen LogP contribution in [0.4, 0.5) is 10.1 Å². The summed E-state index contributed by atoms with van der Waals surface area (Å²) in [5.74, 6) is -0.557. The van der Waals surface area contributed by atoms with Crippen LogP contribution < -0.4 is 10.6 Å². The number of benzene rings is 1. The van der Waals surface area contributed by atoms with Crippen LogP contribution in [0.5, 0.6) is 0 Å². The lowest BCUT2D eigenvalue weighted by atomic mass is 10.2. The van der Waals surface area contributed by atoms with E-state index in [1.807, 2.05) is 6.92 Å². The van der Waals surface area contributed by atoms with Crippen molar-refractivity contribution in [3.63, 3.8) is 0 Å². The number of rotatable bonds is 3. The van der Waals surface area contributed by atoms with Crippen molar-refractivity contribution < 1.29 is 9.18 Å². The smallest absolute Gasteiger partial charge is 0.238 e. The maximum atomic E-state index is 13.6. The van der Waals surface area contributed by atoms with Crippen LogP contribution in [-0.2, 0) is 4.79 Å². The third kappa shape index (κ3) is 4.44. The zero-order valence-electron chi connectivity index (χ0n) is 11.8. The van der Waals surface area contributed by atoms with Gasteiger partial charge in [-0.3, -0.25) is 9.69 Å². The Balaban J connectivity index is 0.00000200. The third-order valence-corrected chi connectivity index (χ3v) is 3.38. The van der Waals surface area contributed by atoms with Gasteiger partial charge < -0.3 is 10.6 Å². The summed E-state index contributed by atoms with van der Waals surface area (Å²) in [6.07, 6.45) is 0. The molecule has 1 aromatic rings. The number of halogens is 2. The molecule has 4 nitrogen and oxygen atoms in total. The van der Waals surface area contributed by atoms with E-state index in [1.54, 1.807) is 12.1 Å². The summed E-state index contributed by atoms with van der Waals surface area (Å²) in [6.45, 7) is 6.80. The minimum Gasteiger partial charge on any atom is -0.322 e. The van der Waals surface area contributed by atoms with Crippen LogP contribution in [0.25, 0.3) is 0 Å². The highest BCUT2D eigenvalue weighted by molar-refractivity contribution is 5.92. The minimum atomic E-state index is -0.387. The van der Waals surface area contributed by atoms with Gasteiger partial charge in [-0.25, -0.2) is 4.39 Å². The predicted molar refractivity (Wildman–Crippen MR) is 80.9 cm³/mol. The molecule has 2 rings (SSSR count). The largest absolute Gasteiger partial charge is 0.322 e. The van der Waals surface area contributed by atoms with Crippen LogP contribution in [0.2, 0.25) is 0 Å². The summed E-state index contributed by atoms with van der Waals surface area (Å²) in [5, 5.41) is 5.90. The van der Waals surface area contributed by atoms with Crippen molar-refractivity contribution in [2.45, 2.75) is 19.9 Å². The van der Waals surface area contributed by atoms with E-state index >= 15 is 0 Å². The predicted octanol–water partition coefficient (Wildman–Crippen LogP) is 1.79. The summed E-state index contributed by atoms with van der Waals surface area (Å²) >= 11 is 0. The summed E-state index contributed by atoms with van der Waals surface area (Å²) in [4.78, 5) is 14.0. The molecular weight excluding hydrogens is 281 g/mol. The van der Waals surface area contributed by atoms with E-state index in [0.717, 1.165) is 25.2 Å². The van der Waals surface area contributed by atoms with E-state index in [2.05, 4.69) is 22.5 Å². The second-order valence-electron chi connectivity index (χ2n) is 5.06. The molecule has 0 unspecified atom stereocenters. The molecule has 6 heteroatoms. The average Bonchev–Trinajstić information content (AvgIpc) is 2.36.